The van der Waals surface area contributed by atoms with Crippen molar-refractivity contribution in [1.82, 2.24) is 5.43 Å². The number of methoxy groups -OCH3 is 1. The van der Waals surface area contributed by atoms with Gasteiger partial charge in [0.05, 0.1) is 13.3 Å². The molecule has 0 amide bonds. The molecule has 2 rings (SSSR count). The second-order valence-corrected chi connectivity index (χ2v) is 5.43. The highest BCUT2D eigenvalue weighted by molar-refractivity contribution is 7.80. The maximum absolute atomic E-state index is 9.71. The molecule has 0 unspecified atom stereocenters. The summed E-state index contributed by atoms with van der Waals surface area (Å²) in [5, 5.41) is 17.3. The number of hydrogen-bond acceptors (Lipinski definition) is 4. The molecule has 6 heteroatoms. The molecule has 0 spiro atoms. The Morgan fingerprint density at radius 1 is 1.22 bits per heavy atom. The van der Waals surface area contributed by atoms with Gasteiger partial charge in [-0.2, -0.15) is 5.10 Å². The molecule has 0 aliphatic rings. The zero-order valence-electron chi connectivity index (χ0n) is 13.3. The summed E-state index contributed by atoms with van der Waals surface area (Å²) in [4.78, 5) is 0. The van der Waals surface area contributed by atoms with Gasteiger partial charge in [0, 0.05) is 5.69 Å². The summed E-state index contributed by atoms with van der Waals surface area (Å²) in [6, 6.07) is 11.0. The van der Waals surface area contributed by atoms with Crippen molar-refractivity contribution >= 4 is 29.2 Å². The Balaban J connectivity index is 1.97. The van der Waals surface area contributed by atoms with Gasteiger partial charge in [-0.15, -0.1) is 0 Å². The average molecular weight is 329 g/mol. The summed E-state index contributed by atoms with van der Waals surface area (Å²) in [6.45, 7) is 4.03. The lowest BCUT2D eigenvalue weighted by Gasteiger charge is -2.12. The van der Waals surface area contributed by atoms with Crippen molar-refractivity contribution in [3.63, 3.8) is 0 Å². The molecular formula is C17H19N3O2S. The lowest BCUT2D eigenvalue weighted by atomic mass is 10.1. The zero-order chi connectivity index (χ0) is 16.8. The Labute approximate surface area is 141 Å². The smallest absolute Gasteiger partial charge is 0.191 e. The van der Waals surface area contributed by atoms with E-state index in [-0.39, 0.29) is 5.75 Å². The van der Waals surface area contributed by atoms with Crippen molar-refractivity contribution in [2.24, 2.45) is 5.10 Å². The third kappa shape index (κ3) is 4.43. The fraction of sp³-hybridized carbons (Fsp3) is 0.176. The number of aromatic hydroxyl groups is 1. The first kappa shape index (κ1) is 16.8. The molecular weight excluding hydrogens is 310 g/mol. The molecule has 2 aromatic carbocycles. The van der Waals surface area contributed by atoms with E-state index in [2.05, 4.69) is 15.8 Å². The van der Waals surface area contributed by atoms with Crippen LogP contribution in [0.5, 0.6) is 11.5 Å². The van der Waals surface area contributed by atoms with Gasteiger partial charge in [0.2, 0.25) is 0 Å². The van der Waals surface area contributed by atoms with E-state index in [9.17, 15) is 5.11 Å². The molecule has 0 aliphatic heterocycles. The van der Waals surface area contributed by atoms with E-state index >= 15 is 0 Å². The fourth-order valence-electron chi connectivity index (χ4n) is 2.11. The van der Waals surface area contributed by atoms with Gasteiger partial charge < -0.3 is 15.2 Å². The number of nitrogens with zero attached hydrogens (tertiary/aromatic N) is 1. The van der Waals surface area contributed by atoms with Crippen molar-refractivity contribution in [2.45, 2.75) is 13.8 Å². The van der Waals surface area contributed by atoms with Crippen LogP contribution in [0, 0.1) is 13.8 Å². The minimum absolute atomic E-state index is 0.0627. The third-order valence-electron chi connectivity index (χ3n) is 3.30. The molecule has 0 bridgehead atoms. The number of para-hydroxylation sites is 1. The Kier molecular flexibility index (Phi) is 5.54. The Bertz CT molecular complexity index is 724. The zero-order valence-corrected chi connectivity index (χ0v) is 14.1. The maximum atomic E-state index is 9.71. The predicted molar refractivity (Wildman–Crippen MR) is 97.5 cm³/mol. The molecule has 0 aromatic heterocycles. The molecule has 23 heavy (non-hydrogen) atoms. The first-order chi connectivity index (χ1) is 11.0. The van der Waals surface area contributed by atoms with Crippen LogP contribution in [0.4, 0.5) is 5.69 Å². The molecule has 0 aliphatic carbocycles. The highest BCUT2D eigenvalue weighted by atomic mass is 32.1. The van der Waals surface area contributed by atoms with E-state index in [1.165, 1.54) is 7.11 Å². The molecule has 0 saturated carbocycles. The van der Waals surface area contributed by atoms with E-state index in [0.717, 1.165) is 22.4 Å². The first-order valence-electron chi connectivity index (χ1n) is 7.04. The van der Waals surface area contributed by atoms with E-state index in [0.29, 0.717) is 10.9 Å². The number of aryl methyl sites for hydroxylation is 2. The number of thiocarbonyl (C=S) groups is 1. The number of nitrogens with one attached hydrogen (secondary N) is 2. The quantitative estimate of drug-likeness (QED) is 0.456. The monoisotopic (exact) mass is 329 g/mol. The van der Waals surface area contributed by atoms with Gasteiger partial charge >= 0.3 is 0 Å². The van der Waals surface area contributed by atoms with Crippen LogP contribution in [0.1, 0.15) is 16.7 Å². The van der Waals surface area contributed by atoms with Crippen LogP contribution in [-0.2, 0) is 0 Å². The minimum atomic E-state index is 0.0627. The molecule has 2 aromatic rings. The predicted octanol–water partition coefficient (Wildman–Crippen LogP) is 3.34. The van der Waals surface area contributed by atoms with E-state index in [1.807, 2.05) is 32.0 Å². The van der Waals surface area contributed by atoms with Gasteiger partial charge in [0.15, 0.2) is 16.6 Å². The van der Waals surface area contributed by atoms with E-state index < -0.39 is 0 Å². The van der Waals surface area contributed by atoms with Crippen LogP contribution in [0.25, 0.3) is 0 Å². The second kappa shape index (κ2) is 7.60. The molecule has 0 atom stereocenters. The van der Waals surface area contributed by atoms with E-state index in [1.54, 1.807) is 24.4 Å². The van der Waals surface area contributed by atoms with Gasteiger partial charge in [-0.1, -0.05) is 18.2 Å². The molecule has 3 N–H and O–H groups in total. The van der Waals surface area contributed by atoms with E-state index in [4.69, 9.17) is 17.0 Å². The van der Waals surface area contributed by atoms with Crippen molar-refractivity contribution in [3.05, 3.63) is 53.1 Å². The van der Waals surface area contributed by atoms with Crippen molar-refractivity contribution in [1.29, 1.82) is 0 Å². The summed E-state index contributed by atoms with van der Waals surface area (Å²) in [5.74, 6) is 0.481. The lowest BCUT2D eigenvalue weighted by molar-refractivity contribution is 0.373. The van der Waals surface area contributed by atoms with Gasteiger partial charge in [-0.3, -0.25) is 5.43 Å². The molecule has 0 fully saturated rings. The van der Waals surface area contributed by atoms with Gasteiger partial charge in [0.25, 0.3) is 0 Å². The normalized spacial score (nSPS) is 10.6. The number of ether oxygens (including phenoxy) is 1. The number of hydrazone groups is 1. The van der Waals surface area contributed by atoms with Crippen molar-refractivity contribution < 1.29 is 9.84 Å². The molecule has 5 nitrogen and oxygen atoms in total. The summed E-state index contributed by atoms with van der Waals surface area (Å²) in [5.41, 5.74) is 6.68. The summed E-state index contributed by atoms with van der Waals surface area (Å²) in [7, 11) is 1.50. The molecule has 0 saturated heterocycles. The summed E-state index contributed by atoms with van der Waals surface area (Å²) in [6.07, 6.45) is 1.57. The highest BCUT2D eigenvalue weighted by Gasteiger charge is 2.04. The second-order valence-electron chi connectivity index (χ2n) is 5.02. The number of benzene rings is 2. The van der Waals surface area contributed by atoms with Crippen LogP contribution in [0.2, 0.25) is 0 Å². The number of anilines is 1. The standard InChI is InChI=1S/C17H19N3O2S/c1-11-5-4-6-12(2)16(11)19-17(23)20-18-10-13-7-8-15(22-3)14(21)9-13/h4-10,21H,1-3H3,(H2,19,20,23)/b18-10-. The Hall–Kier alpha value is -2.60. The van der Waals surface area contributed by atoms with Crippen LogP contribution >= 0.6 is 12.2 Å². The number of hydrogen-bond donors (Lipinski definition) is 3. The largest absolute Gasteiger partial charge is 0.504 e. The van der Waals surface area contributed by atoms with Crippen molar-refractivity contribution in [3.8, 4) is 11.5 Å². The topological polar surface area (TPSA) is 65.9 Å². The molecule has 0 radical (unpaired) electrons. The molecule has 120 valence electrons. The SMILES string of the molecule is COc1ccc(/C=N\NC(=S)Nc2c(C)cccc2C)cc1O. The van der Waals surface area contributed by atoms with Gasteiger partial charge in [-0.25, -0.2) is 0 Å². The van der Waals surface area contributed by atoms with Gasteiger partial charge in [-0.05, 0) is 61.0 Å². The number of rotatable bonds is 4. The van der Waals surface area contributed by atoms with Crippen LogP contribution in [0.15, 0.2) is 41.5 Å². The van der Waals surface area contributed by atoms with Crippen molar-refractivity contribution in [2.75, 3.05) is 12.4 Å². The van der Waals surface area contributed by atoms with Gasteiger partial charge in [0.1, 0.15) is 0 Å². The lowest BCUT2D eigenvalue weighted by Crippen LogP contribution is -2.24. The highest BCUT2D eigenvalue weighted by Crippen LogP contribution is 2.25. The van der Waals surface area contributed by atoms with Crippen LogP contribution < -0.4 is 15.5 Å². The average Bonchev–Trinajstić information content (AvgIpc) is 2.51. The first-order valence-corrected chi connectivity index (χ1v) is 7.45. The Morgan fingerprint density at radius 2 is 1.91 bits per heavy atom. The van der Waals surface area contributed by atoms with Crippen LogP contribution in [0.3, 0.4) is 0 Å². The maximum Gasteiger partial charge on any atom is 0.191 e. The number of phenols is 1. The summed E-state index contributed by atoms with van der Waals surface area (Å²) >= 11 is 5.23. The fourth-order valence-corrected chi connectivity index (χ4v) is 2.26. The summed E-state index contributed by atoms with van der Waals surface area (Å²) < 4.78 is 4.99. The number of phenolic OH excluding ortho intramolecular Hbond substituents is 1. The van der Waals surface area contributed by atoms with Crippen LogP contribution in [-0.4, -0.2) is 23.5 Å². The third-order valence-corrected chi connectivity index (χ3v) is 3.50. The molecule has 0 heterocycles. The Morgan fingerprint density at radius 3 is 2.52 bits per heavy atom. The minimum Gasteiger partial charge on any atom is -0.504 e.